The molecule has 0 unspecified atom stereocenters. The third kappa shape index (κ3) is 1.81. The molecule has 0 aliphatic carbocycles. The molecule has 2 aromatic rings. The van der Waals surface area contributed by atoms with Crippen LogP contribution in [0.25, 0.3) is 10.9 Å². The fourth-order valence-electron chi connectivity index (χ4n) is 1.96. The predicted octanol–water partition coefficient (Wildman–Crippen LogP) is 1.51. The zero-order valence-corrected chi connectivity index (χ0v) is 11.0. The first-order valence-corrected chi connectivity index (χ1v) is 5.74. The molecule has 0 atom stereocenters. The van der Waals surface area contributed by atoms with Crippen molar-refractivity contribution in [3.8, 4) is 11.5 Å². The number of fused-ring (bicyclic) bond motifs is 1. The van der Waals surface area contributed by atoms with Gasteiger partial charge in [-0.15, -0.1) is 0 Å². The Kier molecular flexibility index (Phi) is 3.23. The van der Waals surface area contributed by atoms with E-state index in [2.05, 4.69) is 4.98 Å². The summed E-state index contributed by atoms with van der Waals surface area (Å²) in [7, 11) is 4.83. The molecule has 0 fully saturated rings. The van der Waals surface area contributed by atoms with Gasteiger partial charge in [-0.05, 0) is 6.07 Å². The first-order chi connectivity index (χ1) is 8.62. The summed E-state index contributed by atoms with van der Waals surface area (Å²) in [6.45, 7) is 1.97. The maximum Gasteiger partial charge on any atom is 0.261 e. The quantitative estimate of drug-likeness (QED) is 0.826. The van der Waals surface area contributed by atoms with Gasteiger partial charge in [0.1, 0.15) is 5.82 Å². The van der Waals surface area contributed by atoms with E-state index in [0.29, 0.717) is 28.8 Å². The molecule has 1 aromatic carbocycles. The molecular weight excluding hydrogens is 232 g/mol. The fraction of sp³-hybridized carbons (Fsp3) is 0.385. The number of rotatable bonds is 3. The molecule has 0 aliphatic rings. The summed E-state index contributed by atoms with van der Waals surface area (Å²) in [5, 5.41) is 0.535. The van der Waals surface area contributed by atoms with Gasteiger partial charge in [0.2, 0.25) is 0 Å². The van der Waals surface area contributed by atoms with Crippen molar-refractivity contribution in [3.05, 3.63) is 28.3 Å². The van der Waals surface area contributed by atoms with E-state index in [1.165, 1.54) is 0 Å². The van der Waals surface area contributed by atoms with Gasteiger partial charge in [-0.2, -0.15) is 0 Å². The number of hydrogen-bond donors (Lipinski definition) is 0. The third-order valence-electron chi connectivity index (χ3n) is 2.99. The van der Waals surface area contributed by atoms with Gasteiger partial charge in [-0.1, -0.05) is 6.92 Å². The van der Waals surface area contributed by atoms with Crippen LogP contribution < -0.4 is 15.0 Å². The van der Waals surface area contributed by atoms with Crippen LogP contribution in [0.1, 0.15) is 12.7 Å². The molecule has 0 saturated carbocycles. The standard InChI is InChI=1S/C13H16N2O3/c1-5-12-14-9-7-11(18-4)10(17-3)6-8(9)13(16)15(12)2/h6-7H,5H2,1-4H3. The Morgan fingerprint density at radius 3 is 2.39 bits per heavy atom. The van der Waals surface area contributed by atoms with Crippen LogP contribution in [0, 0.1) is 0 Å². The Hall–Kier alpha value is -2.04. The summed E-state index contributed by atoms with van der Waals surface area (Å²) in [6, 6.07) is 3.40. The molecule has 5 heteroatoms. The maximum atomic E-state index is 12.2. The number of benzene rings is 1. The lowest BCUT2D eigenvalue weighted by atomic mass is 10.2. The second-order valence-electron chi connectivity index (χ2n) is 3.97. The van der Waals surface area contributed by atoms with Crippen molar-refractivity contribution in [2.75, 3.05) is 14.2 Å². The lowest BCUT2D eigenvalue weighted by molar-refractivity contribution is 0.355. The molecule has 2 rings (SSSR count). The van der Waals surface area contributed by atoms with E-state index in [1.807, 2.05) is 6.92 Å². The Balaban J connectivity index is 2.85. The van der Waals surface area contributed by atoms with Gasteiger partial charge >= 0.3 is 0 Å². The molecule has 0 saturated heterocycles. The second kappa shape index (κ2) is 4.68. The SMILES string of the molecule is CCc1nc2cc(OC)c(OC)cc2c(=O)n1C. The van der Waals surface area contributed by atoms with Crippen LogP contribution in [0.3, 0.4) is 0 Å². The average Bonchev–Trinajstić information content (AvgIpc) is 2.41. The highest BCUT2D eigenvalue weighted by atomic mass is 16.5. The summed E-state index contributed by atoms with van der Waals surface area (Å²) in [6.07, 6.45) is 0.704. The third-order valence-corrected chi connectivity index (χ3v) is 2.99. The van der Waals surface area contributed by atoms with E-state index in [0.717, 1.165) is 5.82 Å². The number of ether oxygens (including phenoxy) is 2. The Morgan fingerprint density at radius 1 is 1.22 bits per heavy atom. The van der Waals surface area contributed by atoms with Crippen LogP contribution >= 0.6 is 0 Å². The molecule has 0 aliphatic heterocycles. The van der Waals surface area contributed by atoms with Gasteiger partial charge in [-0.25, -0.2) is 4.98 Å². The maximum absolute atomic E-state index is 12.2. The molecule has 0 amide bonds. The van der Waals surface area contributed by atoms with Gasteiger partial charge in [-0.3, -0.25) is 9.36 Å². The normalized spacial score (nSPS) is 10.7. The summed E-state index contributed by atoms with van der Waals surface area (Å²) in [5.41, 5.74) is 0.561. The van der Waals surface area contributed by atoms with E-state index in [1.54, 1.807) is 38.0 Å². The highest BCUT2D eigenvalue weighted by molar-refractivity contribution is 5.81. The molecule has 0 bridgehead atoms. The summed E-state index contributed by atoms with van der Waals surface area (Å²) >= 11 is 0. The topological polar surface area (TPSA) is 53.4 Å². The van der Waals surface area contributed by atoms with Gasteiger partial charge in [0.15, 0.2) is 11.5 Å². The number of aryl methyl sites for hydroxylation is 1. The van der Waals surface area contributed by atoms with Crippen molar-refractivity contribution in [2.45, 2.75) is 13.3 Å². The number of hydrogen-bond acceptors (Lipinski definition) is 4. The molecule has 1 aromatic heterocycles. The lowest BCUT2D eigenvalue weighted by Gasteiger charge is -2.11. The van der Waals surface area contributed by atoms with E-state index in [9.17, 15) is 4.79 Å². The predicted molar refractivity (Wildman–Crippen MR) is 69.5 cm³/mol. The van der Waals surface area contributed by atoms with Crippen LogP contribution in [0.2, 0.25) is 0 Å². The van der Waals surface area contributed by atoms with Crippen molar-refractivity contribution < 1.29 is 9.47 Å². The molecule has 0 radical (unpaired) electrons. The van der Waals surface area contributed by atoms with Gasteiger partial charge in [0.25, 0.3) is 5.56 Å². The smallest absolute Gasteiger partial charge is 0.261 e. The number of methoxy groups -OCH3 is 2. The summed E-state index contributed by atoms with van der Waals surface area (Å²) in [4.78, 5) is 16.7. The molecule has 0 spiro atoms. The summed E-state index contributed by atoms with van der Waals surface area (Å²) in [5.74, 6) is 1.86. The fourth-order valence-corrected chi connectivity index (χ4v) is 1.96. The minimum absolute atomic E-state index is 0.0715. The van der Waals surface area contributed by atoms with Crippen LogP contribution in [-0.4, -0.2) is 23.8 Å². The van der Waals surface area contributed by atoms with Crippen molar-refractivity contribution in [1.82, 2.24) is 9.55 Å². The lowest BCUT2D eigenvalue weighted by Crippen LogP contribution is -2.22. The zero-order valence-electron chi connectivity index (χ0n) is 11.0. The summed E-state index contributed by atoms with van der Waals surface area (Å²) < 4.78 is 12.0. The molecule has 96 valence electrons. The number of aromatic nitrogens is 2. The van der Waals surface area contributed by atoms with Crippen LogP contribution in [-0.2, 0) is 13.5 Å². The van der Waals surface area contributed by atoms with Crippen molar-refractivity contribution in [3.63, 3.8) is 0 Å². The molecular formula is C13H16N2O3. The Labute approximate surface area is 105 Å². The Bertz CT molecular complexity index is 647. The highest BCUT2D eigenvalue weighted by Crippen LogP contribution is 2.30. The molecule has 18 heavy (non-hydrogen) atoms. The van der Waals surface area contributed by atoms with Crippen LogP contribution in [0.5, 0.6) is 11.5 Å². The molecule has 0 N–H and O–H groups in total. The van der Waals surface area contributed by atoms with Crippen molar-refractivity contribution in [1.29, 1.82) is 0 Å². The van der Waals surface area contributed by atoms with E-state index < -0.39 is 0 Å². The first-order valence-electron chi connectivity index (χ1n) is 5.74. The molecule has 1 heterocycles. The highest BCUT2D eigenvalue weighted by Gasteiger charge is 2.12. The van der Waals surface area contributed by atoms with Gasteiger partial charge < -0.3 is 9.47 Å². The van der Waals surface area contributed by atoms with Gasteiger partial charge in [0, 0.05) is 19.5 Å². The van der Waals surface area contributed by atoms with E-state index in [4.69, 9.17) is 9.47 Å². The molecule has 5 nitrogen and oxygen atoms in total. The average molecular weight is 248 g/mol. The zero-order chi connectivity index (χ0) is 13.3. The van der Waals surface area contributed by atoms with Gasteiger partial charge in [0.05, 0.1) is 25.1 Å². The number of nitrogens with zero attached hydrogens (tertiary/aromatic N) is 2. The monoisotopic (exact) mass is 248 g/mol. The van der Waals surface area contributed by atoms with Crippen LogP contribution in [0.4, 0.5) is 0 Å². The van der Waals surface area contributed by atoms with E-state index in [-0.39, 0.29) is 5.56 Å². The first kappa shape index (κ1) is 12.4. The van der Waals surface area contributed by atoms with Crippen LogP contribution in [0.15, 0.2) is 16.9 Å². The minimum atomic E-state index is -0.0715. The largest absolute Gasteiger partial charge is 0.493 e. The van der Waals surface area contributed by atoms with E-state index >= 15 is 0 Å². The minimum Gasteiger partial charge on any atom is -0.493 e. The second-order valence-corrected chi connectivity index (χ2v) is 3.97. The Morgan fingerprint density at radius 2 is 1.83 bits per heavy atom. The van der Waals surface area contributed by atoms with Crippen molar-refractivity contribution >= 4 is 10.9 Å². The van der Waals surface area contributed by atoms with Crippen molar-refractivity contribution in [2.24, 2.45) is 7.05 Å².